The summed E-state index contributed by atoms with van der Waals surface area (Å²) in [6.07, 6.45) is 0. The lowest BCUT2D eigenvalue weighted by Crippen LogP contribution is -2.40. The number of aromatic nitrogens is 8. The Bertz CT molecular complexity index is 1820. The Morgan fingerprint density at radius 1 is 0.879 bits per heavy atom. The molecule has 0 aliphatic rings. The molecule has 12 nitrogen and oxygen atoms in total. The van der Waals surface area contributed by atoms with Gasteiger partial charge in [-0.1, -0.05) is 11.8 Å². The maximum Gasteiger partial charge on any atom is 0.339 e. The average molecular weight is 513 g/mol. The number of nitrogens with zero attached hydrogens (tertiary/aromatic N) is 7. The predicted molar refractivity (Wildman–Crippen MR) is 124 cm³/mol. The molecule has 1 N–H and O–H groups in total. The second kappa shape index (κ2) is 8.11. The Kier molecular flexibility index (Phi) is 5.43. The van der Waals surface area contributed by atoms with Gasteiger partial charge in [-0.2, -0.15) is 9.55 Å². The fourth-order valence-electron chi connectivity index (χ4n) is 3.47. The zero-order valence-corrected chi connectivity index (χ0v) is 19.6. The Morgan fingerprint density at radius 3 is 2.12 bits per heavy atom. The molecule has 0 saturated carbocycles. The molecule has 0 amide bonds. The van der Waals surface area contributed by atoms with Gasteiger partial charge in [0, 0.05) is 14.1 Å². The monoisotopic (exact) mass is 512 g/mol. The Hall–Kier alpha value is -4.10. The fraction of sp³-hybridized carbons (Fsp3) is 0.300. The van der Waals surface area contributed by atoms with Gasteiger partial charge < -0.3 is 4.57 Å². The number of H-pyrrole nitrogens is 1. The summed E-state index contributed by atoms with van der Waals surface area (Å²) in [4.78, 5) is 62.4. The van der Waals surface area contributed by atoms with Crippen LogP contribution in [0.15, 0.2) is 23.9 Å². The van der Waals surface area contributed by atoms with Crippen molar-refractivity contribution < 1.29 is 0 Å². The molecule has 4 heterocycles. The summed E-state index contributed by atoms with van der Waals surface area (Å²) in [5.74, 6) is 11.0. The van der Waals surface area contributed by atoms with Crippen molar-refractivity contribution in [2.75, 3.05) is 0 Å². The van der Waals surface area contributed by atoms with E-state index >= 15 is 0 Å². The van der Waals surface area contributed by atoms with Crippen LogP contribution in [0.1, 0.15) is 13.8 Å². The maximum absolute atomic E-state index is 13.6. The molecule has 0 spiro atoms. The van der Waals surface area contributed by atoms with Gasteiger partial charge in [0.25, 0.3) is 11.1 Å². The first kappa shape index (κ1) is 22.1. The first-order valence-corrected chi connectivity index (χ1v) is 10.4. The lowest BCUT2D eigenvalue weighted by Gasteiger charge is -2.10. The first-order chi connectivity index (χ1) is 15.7. The van der Waals surface area contributed by atoms with Crippen molar-refractivity contribution >= 4 is 38.3 Å². The zero-order valence-electron chi connectivity index (χ0n) is 18.1. The molecule has 0 aliphatic carbocycles. The van der Waals surface area contributed by atoms with Crippen LogP contribution in [0.2, 0.25) is 0 Å². The molecule has 33 heavy (non-hydrogen) atoms. The van der Waals surface area contributed by atoms with Crippen molar-refractivity contribution in [3.8, 4) is 29.6 Å². The van der Waals surface area contributed by atoms with Gasteiger partial charge in [0.2, 0.25) is 5.95 Å². The summed E-state index contributed by atoms with van der Waals surface area (Å²) < 4.78 is 6.37. The van der Waals surface area contributed by atoms with E-state index in [2.05, 4.69) is 54.6 Å². The van der Waals surface area contributed by atoms with E-state index in [1.54, 1.807) is 13.8 Å². The van der Waals surface area contributed by atoms with Crippen molar-refractivity contribution in [1.29, 1.82) is 0 Å². The molecule has 0 aliphatic heterocycles. The molecular weight excluding hydrogens is 496 g/mol. The Labute approximate surface area is 193 Å². The highest BCUT2D eigenvalue weighted by molar-refractivity contribution is 9.10. The molecule has 4 rings (SSSR count). The summed E-state index contributed by atoms with van der Waals surface area (Å²) >= 11 is 3.32. The van der Waals surface area contributed by atoms with Crippen LogP contribution in [0.5, 0.6) is 0 Å². The van der Waals surface area contributed by atoms with Crippen LogP contribution in [-0.2, 0) is 27.2 Å². The lowest BCUT2D eigenvalue weighted by atomic mass is 10.4. The topological polar surface area (TPSA) is 134 Å². The van der Waals surface area contributed by atoms with Crippen LogP contribution in [0.3, 0.4) is 0 Å². The van der Waals surface area contributed by atoms with E-state index in [0.717, 1.165) is 9.13 Å². The number of fused-ring (bicyclic) bond motifs is 2. The average Bonchev–Trinajstić information content (AvgIpc) is 3.31. The van der Waals surface area contributed by atoms with Crippen LogP contribution in [-0.4, -0.2) is 37.8 Å². The molecular formula is C20H17BrN8O4. The third-order valence-corrected chi connectivity index (χ3v) is 5.72. The Morgan fingerprint density at radius 2 is 1.48 bits per heavy atom. The minimum absolute atomic E-state index is 0.00966. The van der Waals surface area contributed by atoms with Crippen LogP contribution >= 0.6 is 15.9 Å². The summed E-state index contributed by atoms with van der Waals surface area (Å²) in [6.45, 7) is 3.40. The normalized spacial score (nSPS) is 10.8. The third-order valence-electron chi connectivity index (χ3n) is 5.12. The van der Waals surface area contributed by atoms with E-state index in [-0.39, 0.29) is 41.4 Å². The van der Waals surface area contributed by atoms with Gasteiger partial charge in [0.1, 0.15) is 0 Å². The molecule has 168 valence electrons. The summed E-state index contributed by atoms with van der Waals surface area (Å²) in [5, 5.41) is 0. The molecule has 4 aromatic rings. The second-order valence-corrected chi connectivity index (χ2v) is 7.67. The van der Waals surface area contributed by atoms with E-state index in [9.17, 15) is 19.2 Å². The second-order valence-electron chi connectivity index (χ2n) is 6.96. The molecule has 4 aromatic heterocycles. The van der Waals surface area contributed by atoms with Crippen molar-refractivity contribution in [3.63, 3.8) is 0 Å². The van der Waals surface area contributed by atoms with Gasteiger partial charge in [-0.05, 0) is 29.8 Å². The van der Waals surface area contributed by atoms with E-state index in [1.807, 2.05) is 0 Å². The van der Waals surface area contributed by atoms with Gasteiger partial charge in [0.05, 0.1) is 13.1 Å². The third kappa shape index (κ3) is 3.25. The van der Waals surface area contributed by atoms with E-state index in [4.69, 9.17) is 0 Å². The minimum Gasteiger partial charge on any atom is -0.301 e. The van der Waals surface area contributed by atoms with Crippen molar-refractivity contribution in [1.82, 2.24) is 37.8 Å². The van der Waals surface area contributed by atoms with Crippen molar-refractivity contribution in [2.24, 2.45) is 14.1 Å². The van der Waals surface area contributed by atoms with E-state index in [1.165, 1.54) is 27.8 Å². The predicted octanol–water partition coefficient (Wildman–Crippen LogP) is -0.568. The molecule has 0 radical (unpaired) electrons. The maximum atomic E-state index is 13.6. The fourth-order valence-corrected chi connectivity index (χ4v) is 3.94. The Balaban J connectivity index is 2.22. The highest BCUT2D eigenvalue weighted by Crippen LogP contribution is 2.18. The quantitative estimate of drug-likeness (QED) is 0.288. The molecule has 13 heteroatoms. The number of nitrogens with one attached hydrogen (secondary N) is 1. The first-order valence-electron chi connectivity index (χ1n) is 9.59. The number of aromatic amines is 1. The highest BCUT2D eigenvalue weighted by atomic mass is 79.9. The largest absolute Gasteiger partial charge is 0.339 e. The number of rotatable bonds is 3. The summed E-state index contributed by atoms with van der Waals surface area (Å²) in [7, 11) is 2.89. The minimum atomic E-state index is -0.728. The number of imidazole rings is 2. The molecule has 0 fully saturated rings. The van der Waals surface area contributed by atoms with Crippen LogP contribution in [0.4, 0.5) is 0 Å². The van der Waals surface area contributed by atoms with Gasteiger partial charge in [-0.15, -0.1) is 11.8 Å². The number of hydrogen-bond acceptors (Lipinski definition) is 6. The van der Waals surface area contributed by atoms with Gasteiger partial charge in [0.15, 0.2) is 27.1 Å². The molecule has 0 aromatic carbocycles. The smallest absolute Gasteiger partial charge is 0.301 e. The zero-order chi connectivity index (χ0) is 24.0. The SMILES string of the molecule is CC#CCn1c(-n2c(=O)c3c(nc(Br)n3CC#CC)n(C)c2=O)nc2c1c(=O)[nH]c(=O)n2C. The number of aryl methyl sites for hydroxylation is 2. The van der Waals surface area contributed by atoms with E-state index in [0.29, 0.717) is 4.73 Å². The van der Waals surface area contributed by atoms with E-state index < -0.39 is 22.5 Å². The van der Waals surface area contributed by atoms with Crippen LogP contribution in [0, 0.1) is 23.7 Å². The molecule has 0 saturated heterocycles. The molecule has 0 unspecified atom stereocenters. The van der Waals surface area contributed by atoms with Gasteiger partial charge in [-0.3, -0.25) is 28.3 Å². The number of halogens is 1. The number of hydrogen-bond donors (Lipinski definition) is 1. The summed E-state index contributed by atoms with van der Waals surface area (Å²) in [5.41, 5.74) is -2.52. The molecule has 0 bridgehead atoms. The van der Waals surface area contributed by atoms with Crippen molar-refractivity contribution in [3.05, 3.63) is 46.4 Å². The van der Waals surface area contributed by atoms with Crippen LogP contribution in [0.25, 0.3) is 28.3 Å². The highest BCUT2D eigenvalue weighted by Gasteiger charge is 2.25. The van der Waals surface area contributed by atoms with Gasteiger partial charge >= 0.3 is 11.4 Å². The standard InChI is InChI=1S/C20H17BrN8O4/c1-5-7-9-27-12-14(22-17(27)21)26(4)20(33)29(16(12)31)18-23-13-11(28(18)10-8-6-2)15(30)24-19(32)25(13)3/h9-10H2,1-4H3,(H,24,30,32). The van der Waals surface area contributed by atoms with Crippen LogP contribution < -0.4 is 22.5 Å². The lowest BCUT2D eigenvalue weighted by molar-refractivity contribution is 0.699. The van der Waals surface area contributed by atoms with Crippen molar-refractivity contribution in [2.45, 2.75) is 26.9 Å². The van der Waals surface area contributed by atoms with Gasteiger partial charge in [-0.25, -0.2) is 14.6 Å². The summed E-state index contributed by atoms with van der Waals surface area (Å²) in [6, 6.07) is 0. The molecule has 0 atom stereocenters.